The van der Waals surface area contributed by atoms with Gasteiger partial charge in [0, 0.05) is 30.6 Å². The van der Waals surface area contributed by atoms with E-state index in [0.717, 1.165) is 28.7 Å². The van der Waals surface area contributed by atoms with Crippen LogP contribution >= 0.6 is 0 Å². The number of carbonyl (C=O) groups excluding carboxylic acids is 1. The summed E-state index contributed by atoms with van der Waals surface area (Å²) in [5, 5.41) is 10.8. The molecule has 0 bridgehead atoms. The van der Waals surface area contributed by atoms with E-state index in [4.69, 9.17) is 0 Å². The van der Waals surface area contributed by atoms with Gasteiger partial charge < -0.3 is 4.57 Å². The lowest BCUT2D eigenvalue weighted by Crippen LogP contribution is -2.15. The first-order valence-corrected chi connectivity index (χ1v) is 7.77. The van der Waals surface area contributed by atoms with Crippen LogP contribution in [0.15, 0.2) is 30.5 Å². The normalized spacial score (nSPS) is 11.3. The summed E-state index contributed by atoms with van der Waals surface area (Å²) in [6.45, 7) is 4.22. The van der Waals surface area contributed by atoms with Gasteiger partial charge in [0.2, 0.25) is 11.9 Å². The zero-order valence-corrected chi connectivity index (χ0v) is 13.6. The van der Waals surface area contributed by atoms with Crippen molar-refractivity contribution in [3.8, 4) is 0 Å². The van der Waals surface area contributed by atoms with Crippen LogP contribution in [0.5, 0.6) is 0 Å². The van der Waals surface area contributed by atoms with E-state index in [1.807, 2.05) is 42.1 Å². The van der Waals surface area contributed by atoms with E-state index in [0.29, 0.717) is 18.3 Å². The van der Waals surface area contributed by atoms with E-state index in [-0.39, 0.29) is 5.91 Å². The Kier molecular flexibility index (Phi) is 4.14. The average molecular weight is 311 g/mol. The molecule has 0 saturated heterocycles. The number of anilines is 1. The Morgan fingerprint density at radius 1 is 1.35 bits per heavy atom. The largest absolute Gasteiger partial charge is 0.350 e. The highest BCUT2D eigenvalue weighted by Crippen LogP contribution is 2.20. The summed E-state index contributed by atoms with van der Waals surface area (Å²) in [5.41, 5.74) is 2.12. The Morgan fingerprint density at radius 3 is 2.91 bits per heavy atom. The van der Waals surface area contributed by atoms with Crippen molar-refractivity contribution < 1.29 is 4.79 Å². The molecule has 2 heterocycles. The molecule has 0 spiro atoms. The lowest BCUT2D eigenvalue weighted by Gasteiger charge is -2.00. The number of hydrogen-bond donors (Lipinski definition) is 2. The summed E-state index contributed by atoms with van der Waals surface area (Å²) in [7, 11) is 1.98. The maximum Gasteiger partial charge on any atom is 0.248 e. The molecule has 6 nitrogen and oxygen atoms in total. The summed E-state index contributed by atoms with van der Waals surface area (Å²) < 4.78 is 2.03. The molecule has 2 aromatic heterocycles. The van der Waals surface area contributed by atoms with Crippen molar-refractivity contribution in [2.24, 2.45) is 13.0 Å². The van der Waals surface area contributed by atoms with Gasteiger partial charge in [0.1, 0.15) is 5.82 Å². The second kappa shape index (κ2) is 6.24. The van der Waals surface area contributed by atoms with Crippen molar-refractivity contribution in [3.63, 3.8) is 0 Å². The standard InChI is InChI=1S/C17H21N5O/c1-11(2)8-15-18-17(21-20-15)19-16(23)9-12-10-22(3)14-7-5-4-6-13(12)14/h4-7,10-11H,8-9H2,1-3H3,(H2,18,19,20,21,23). The zero-order valence-electron chi connectivity index (χ0n) is 13.6. The highest BCUT2D eigenvalue weighted by molar-refractivity contribution is 5.94. The number of carbonyl (C=O) groups is 1. The number of para-hydroxylation sites is 1. The molecule has 1 aromatic carbocycles. The lowest BCUT2D eigenvalue weighted by molar-refractivity contribution is -0.115. The van der Waals surface area contributed by atoms with E-state index in [2.05, 4.69) is 34.3 Å². The Hall–Kier alpha value is -2.63. The van der Waals surface area contributed by atoms with Crippen molar-refractivity contribution in [2.75, 3.05) is 5.32 Å². The third kappa shape index (κ3) is 3.41. The second-order valence-corrected chi connectivity index (χ2v) is 6.21. The SMILES string of the molecule is CC(C)Cc1nc(NC(=O)Cc2cn(C)c3ccccc23)n[nH]1. The molecule has 0 fully saturated rings. The summed E-state index contributed by atoms with van der Waals surface area (Å²) in [6, 6.07) is 8.06. The van der Waals surface area contributed by atoms with Gasteiger partial charge in [0.25, 0.3) is 0 Å². The average Bonchev–Trinajstić information content (AvgIpc) is 3.04. The van der Waals surface area contributed by atoms with Gasteiger partial charge in [-0.2, -0.15) is 4.98 Å². The van der Waals surface area contributed by atoms with Crippen molar-refractivity contribution in [2.45, 2.75) is 26.7 Å². The van der Waals surface area contributed by atoms with Crippen molar-refractivity contribution in [3.05, 3.63) is 41.9 Å². The Labute approximate surface area is 134 Å². The van der Waals surface area contributed by atoms with E-state index >= 15 is 0 Å². The minimum Gasteiger partial charge on any atom is -0.350 e. The van der Waals surface area contributed by atoms with Crippen molar-refractivity contribution in [1.82, 2.24) is 19.7 Å². The highest BCUT2D eigenvalue weighted by atomic mass is 16.1. The van der Waals surface area contributed by atoms with E-state index < -0.39 is 0 Å². The highest BCUT2D eigenvalue weighted by Gasteiger charge is 2.13. The fourth-order valence-corrected chi connectivity index (χ4v) is 2.74. The van der Waals surface area contributed by atoms with E-state index in [9.17, 15) is 4.79 Å². The molecule has 0 saturated carbocycles. The molecule has 2 N–H and O–H groups in total. The van der Waals surface area contributed by atoms with Gasteiger partial charge in [-0.1, -0.05) is 32.0 Å². The molecule has 23 heavy (non-hydrogen) atoms. The molecular weight excluding hydrogens is 290 g/mol. The lowest BCUT2D eigenvalue weighted by atomic mass is 10.1. The number of fused-ring (bicyclic) bond motifs is 1. The topological polar surface area (TPSA) is 75.6 Å². The van der Waals surface area contributed by atoms with Crippen LogP contribution in [0.2, 0.25) is 0 Å². The van der Waals surface area contributed by atoms with Crippen LogP contribution in [0.3, 0.4) is 0 Å². The van der Waals surface area contributed by atoms with Gasteiger partial charge >= 0.3 is 0 Å². The monoisotopic (exact) mass is 311 g/mol. The fourth-order valence-electron chi connectivity index (χ4n) is 2.74. The predicted molar refractivity (Wildman–Crippen MR) is 90.2 cm³/mol. The van der Waals surface area contributed by atoms with Gasteiger partial charge in [-0.15, -0.1) is 5.10 Å². The number of H-pyrrole nitrogens is 1. The molecule has 0 unspecified atom stereocenters. The number of aromatic nitrogens is 4. The predicted octanol–water partition coefficient (Wildman–Crippen LogP) is 2.68. The quantitative estimate of drug-likeness (QED) is 0.760. The number of amides is 1. The summed E-state index contributed by atoms with van der Waals surface area (Å²) >= 11 is 0. The third-order valence-corrected chi connectivity index (χ3v) is 3.72. The molecule has 0 aliphatic carbocycles. The first-order valence-electron chi connectivity index (χ1n) is 7.77. The maximum atomic E-state index is 12.3. The molecule has 6 heteroatoms. The van der Waals surface area contributed by atoms with Crippen LogP contribution < -0.4 is 5.32 Å². The molecule has 0 aliphatic rings. The summed E-state index contributed by atoms with van der Waals surface area (Å²) in [6.07, 6.45) is 3.11. The molecular formula is C17H21N5O. The molecule has 0 radical (unpaired) electrons. The van der Waals surface area contributed by atoms with E-state index in [1.165, 1.54) is 0 Å². The number of rotatable bonds is 5. The second-order valence-electron chi connectivity index (χ2n) is 6.21. The number of benzene rings is 1. The zero-order chi connectivity index (χ0) is 16.4. The Balaban J connectivity index is 1.70. The molecule has 0 aliphatic heterocycles. The number of hydrogen-bond acceptors (Lipinski definition) is 3. The van der Waals surface area contributed by atoms with Gasteiger partial charge in [-0.05, 0) is 17.5 Å². The minimum atomic E-state index is -0.114. The van der Waals surface area contributed by atoms with Gasteiger partial charge in [0.05, 0.1) is 6.42 Å². The van der Waals surface area contributed by atoms with Gasteiger partial charge in [-0.25, -0.2) is 0 Å². The number of aryl methyl sites for hydroxylation is 1. The Morgan fingerprint density at radius 2 is 2.13 bits per heavy atom. The maximum absolute atomic E-state index is 12.3. The number of nitrogens with zero attached hydrogens (tertiary/aromatic N) is 3. The molecule has 3 aromatic rings. The fraction of sp³-hybridized carbons (Fsp3) is 0.353. The van der Waals surface area contributed by atoms with Crippen LogP contribution in [0, 0.1) is 5.92 Å². The summed E-state index contributed by atoms with van der Waals surface area (Å²) in [4.78, 5) is 16.5. The third-order valence-electron chi connectivity index (χ3n) is 3.72. The minimum absolute atomic E-state index is 0.114. The van der Waals surface area contributed by atoms with Crippen LogP contribution in [-0.4, -0.2) is 25.7 Å². The first kappa shape index (κ1) is 15.3. The van der Waals surface area contributed by atoms with Crippen LogP contribution in [0.25, 0.3) is 10.9 Å². The molecule has 3 rings (SSSR count). The number of nitrogens with one attached hydrogen (secondary N) is 2. The Bertz CT molecular complexity index is 830. The van der Waals surface area contributed by atoms with Crippen molar-refractivity contribution in [1.29, 1.82) is 0 Å². The van der Waals surface area contributed by atoms with Crippen LogP contribution in [0.1, 0.15) is 25.2 Å². The van der Waals surface area contributed by atoms with E-state index in [1.54, 1.807) is 0 Å². The van der Waals surface area contributed by atoms with Crippen LogP contribution in [-0.2, 0) is 24.7 Å². The van der Waals surface area contributed by atoms with Crippen LogP contribution in [0.4, 0.5) is 5.95 Å². The molecule has 1 amide bonds. The first-order chi connectivity index (χ1) is 11.0. The molecule has 120 valence electrons. The van der Waals surface area contributed by atoms with Gasteiger partial charge in [-0.3, -0.25) is 15.2 Å². The van der Waals surface area contributed by atoms with Gasteiger partial charge in [0.15, 0.2) is 0 Å². The number of aromatic amines is 1. The van der Waals surface area contributed by atoms with Crippen molar-refractivity contribution >= 4 is 22.8 Å². The summed E-state index contributed by atoms with van der Waals surface area (Å²) in [5.74, 6) is 1.50. The molecule has 0 atom stereocenters. The smallest absolute Gasteiger partial charge is 0.248 e.